The van der Waals surface area contributed by atoms with Gasteiger partial charge in [0.1, 0.15) is 5.82 Å². The Labute approximate surface area is 217 Å². The Balaban J connectivity index is 1.18. The van der Waals surface area contributed by atoms with Crippen LogP contribution >= 0.6 is 0 Å². The lowest BCUT2D eigenvalue weighted by Crippen LogP contribution is -2.41. The number of aromatic nitrogens is 1. The summed E-state index contributed by atoms with van der Waals surface area (Å²) in [5.74, 6) is 0.308. The summed E-state index contributed by atoms with van der Waals surface area (Å²) in [4.78, 5) is 28.9. The van der Waals surface area contributed by atoms with Crippen LogP contribution in [0.25, 0.3) is 5.57 Å². The molecule has 6 heteroatoms. The number of amides is 1. The number of aliphatic carboxylic acids is 1. The Bertz CT molecular complexity index is 1280. The summed E-state index contributed by atoms with van der Waals surface area (Å²) in [6.07, 6.45) is 13.6. The first kappa shape index (κ1) is 24.3. The number of carbonyl (C=O) groups is 2. The van der Waals surface area contributed by atoms with Crippen molar-refractivity contribution in [3.05, 3.63) is 70.8 Å². The van der Waals surface area contributed by atoms with E-state index in [0.29, 0.717) is 36.2 Å². The highest BCUT2D eigenvalue weighted by atomic mass is 19.1. The van der Waals surface area contributed by atoms with Crippen LogP contribution in [-0.4, -0.2) is 28.5 Å². The third-order valence-electron chi connectivity index (χ3n) is 10.2. The molecule has 0 spiro atoms. The van der Waals surface area contributed by atoms with Crippen molar-refractivity contribution in [2.24, 2.45) is 22.7 Å². The molecule has 2 fully saturated rings. The van der Waals surface area contributed by atoms with Crippen LogP contribution in [0.1, 0.15) is 91.3 Å². The van der Waals surface area contributed by atoms with Gasteiger partial charge in [-0.2, -0.15) is 0 Å². The molecule has 1 heterocycles. The summed E-state index contributed by atoms with van der Waals surface area (Å²) < 4.78 is 13.9. The minimum absolute atomic E-state index is 0.0360. The van der Waals surface area contributed by atoms with Gasteiger partial charge in [0.25, 0.3) is 5.91 Å². The van der Waals surface area contributed by atoms with Crippen molar-refractivity contribution >= 4 is 17.4 Å². The first-order valence-electron chi connectivity index (χ1n) is 13.8. The number of carbonyl (C=O) groups excluding carboxylic acids is 1. The summed E-state index contributed by atoms with van der Waals surface area (Å²) >= 11 is 0. The predicted octanol–water partition coefficient (Wildman–Crippen LogP) is 6.15. The second-order valence-electron chi connectivity index (χ2n) is 12.0. The van der Waals surface area contributed by atoms with Crippen LogP contribution in [0.5, 0.6) is 0 Å². The average Bonchev–Trinajstić information content (AvgIpc) is 3.52. The standard InChI is InChI=1S/C31H35FN2O3/c1-30-13-10-24-23-6-5-20(28(35)34-18-31(29(36)37)11-2-3-12-31)14-19(23)4-7-25(24)27(30)9-8-26(30)21-15-22(32)17-33-16-21/h5-6,8,14-17,24-25,27H,2-4,7,9-13,18H2,1H3,(H,34,35)(H,36,37)/t24?,25?,27?,30-/m1/s1. The second-order valence-corrected chi connectivity index (χ2v) is 12.0. The van der Waals surface area contributed by atoms with Crippen LogP contribution in [0.15, 0.2) is 42.7 Å². The van der Waals surface area contributed by atoms with Crippen molar-refractivity contribution in [3.63, 3.8) is 0 Å². The number of allylic oxidation sites excluding steroid dienone is 2. The van der Waals surface area contributed by atoms with E-state index in [1.807, 2.05) is 12.1 Å². The molecule has 0 radical (unpaired) electrons. The molecule has 4 atom stereocenters. The Morgan fingerprint density at radius 3 is 2.70 bits per heavy atom. The van der Waals surface area contributed by atoms with Gasteiger partial charge >= 0.3 is 5.97 Å². The van der Waals surface area contributed by atoms with Gasteiger partial charge in [-0.3, -0.25) is 14.6 Å². The number of hydrogen-bond acceptors (Lipinski definition) is 3. The number of carboxylic acids is 1. The molecule has 4 aliphatic carbocycles. The number of halogens is 1. The summed E-state index contributed by atoms with van der Waals surface area (Å²) in [5, 5.41) is 12.6. The van der Waals surface area contributed by atoms with Crippen molar-refractivity contribution < 1.29 is 19.1 Å². The predicted molar refractivity (Wildman–Crippen MR) is 139 cm³/mol. The van der Waals surface area contributed by atoms with Crippen LogP contribution in [0, 0.1) is 28.5 Å². The molecule has 5 nitrogen and oxygen atoms in total. The van der Waals surface area contributed by atoms with Crippen LogP contribution in [-0.2, 0) is 11.2 Å². The fourth-order valence-corrected chi connectivity index (χ4v) is 8.17. The van der Waals surface area contributed by atoms with Gasteiger partial charge in [0, 0.05) is 18.3 Å². The number of hydrogen-bond donors (Lipinski definition) is 2. The molecule has 0 saturated heterocycles. The smallest absolute Gasteiger partial charge is 0.311 e. The number of aryl methyl sites for hydroxylation is 1. The minimum atomic E-state index is -0.818. The second kappa shape index (κ2) is 9.07. The molecule has 6 rings (SSSR count). The number of rotatable bonds is 5. The van der Waals surface area contributed by atoms with E-state index in [1.165, 1.54) is 22.9 Å². The lowest BCUT2D eigenvalue weighted by molar-refractivity contribution is -0.148. The van der Waals surface area contributed by atoms with Crippen LogP contribution in [0.4, 0.5) is 4.39 Å². The first-order valence-corrected chi connectivity index (χ1v) is 13.8. The molecule has 0 aliphatic heterocycles. The van der Waals surface area contributed by atoms with Crippen LogP contribution in [0.3, 0.4) is 0 Å². The first-order chi connectivity index (χ1) is 17.8. The SMILES string of the molecule is C[C@]12CCC3c4ccc(C(=O)NCC5(C(=O)O)CCCC5)cc4CCC3C1CC=C2c1cncc(F)c1. The van der Waals surface area contributed by atoms with Gasteiger partial charge in [0.2, 0.25) is 0 Å². The van der Waals surface area contributed by atoms with E-state index in [-0.39, 0.29) is 23.7 Å². The fourth-order valence-electron chi connectivity index (χ4n) is 8.17. The van der Waals surface area contributed by atoms with Gasteiger partial charge in [0.05, 0.1) is 11.6 Å². The maximum Gasteiger partial charge on any atom is 0.311 e. The van der Waals surface area contributed by atoms with E-state index in [9.17, 15) is 19.1 Å². The van der Waals surface area contributed by atoms with E-state index >= 15 is 0 Å². The Morgan fingerprint density at radius 1 is 1.14 bits per heavy atom. The molecule has 1 aromatic carbocycles. The van der Waals surface area contributed by atoms with Crippen molar-refractivity contribution in [2.45, 2.75) is 70.6 Å². The Kier molecular flexibility index (Phi) is 5.96. The summed E-state index contributed by atoms with van der Waals surface area (Å²) in [6, 6.07) is 7.72. The highest BCUT2D eigenvalue weighted by molar-refractivity contribution is 5.95. The average molecular weight is 503 g/mol. The highest BCUT2D eigenvalue weighted by Gasteiger charge is 2.52. The molecule has 1 aromatic heterocycles. The molecule has 194 valence electrons. The zero-order chi connectivity index (χ0) is 25.8. The highest BCUT2D eigenvalue weighted by Crippen LogP contribution is 2.63. The van der Waals surface area contributed by atoms with E-state index < -0.39 is 11.4 Å². The lowest BCUT2D eigenvalue weighted by Gasteiger charge is -2.50. The zero-order valence-electron chi connectivity index (χ0n) is 21.4. The Morgan fingerprint density at radius 2 is 1.95 bits per heavy atom. The summed E-state index contributed by atoms with van der Waals surface area (Å²) in [6.45, 7) is 2.55. The quantitative estimate of drug-likeness (QED) is 0.514. The zero-order valence-corrected chi connectivity index (χ0v) is 21.4. The van der Waals surface area contributed by atoms with Gasteiger partial charge in [-0.1, -0.05) is 31.9 Å². The normalized spacial score (nSPS) is 29.6. The van der Waals surface area contributed by atoms with E-state index in [0.717, 1.165) is 50.5 Å². The maximum absolute atomic E-state index is 13.9. The van der Waals surface area contributed by atoms with Crippen molar-refractivity contribution in [2.75, 3.05) is 6.54 Å². The van der Waals surface area contributed by atoms with Crippen LogP contribution in [0.2, 0.25) is 0 Å². The number of nitrogens with one attached hydrogen (secondary N) is 1. The molecule has 37 heavy (non-hydrogen) atoms. The minimum Gasteiger partial charge on any atom is -0.481 e. The molecule has 0 bridgehead atoms. The van der Waals surface area contributed by atoms with E-state index in [4.69, 9.17) is 0 Å². The largest absolute Gasteiger partial charge is 0.481 e. The maximum atomic E-state index is 13.9. The summed E-state index contributed by atoms with van der Waals surface area (Å²) in [5.41, 5.74) is 4.63. The number of benzene rings is 1. The number of fused-ring (bicyclic) bond motifs is 5. The van der Waals surface area contributed by atoms with Crippen molar-refractivity contribution in [1.82, 2.24) is 10.3 Å². The Hall–Kier alpha value is -3.02. The molecule has 1 amide bonds. The van der Waals surface area contributed by atoms with Gasteiger partial charge in [-0.05, 0) is 109 Å². The van der Waals surface area contributed by atoms with Gasteiger partial charge in [-0.15, -0.1) is 0 Å². The molecular weight excluding hydrogens is 467 g/mol. The monoisotopic (exact) mass is 502 g/mol. The van der Waals surface area contributed by atoms with Crippen molar-refractivity contribution in [1.29, 1.82) is 0 Å². The van der Waals surface area contributed by atoms with Crippen LogP contribution < -0.4 is 5.32 Å². The van der Waals surface area contributed by atoms with Gasteiger partial charge < -0.3 is 10.4 Å². The van der Waals surface area contributed by atoms with E-state index in [1.54, 1.807) is 12.3 Å². The lowest BCUT2D eigenvalue weighted by atomic mass is 9.54. The number of carboxylic acid groups (broad SMARTS) is 1. The van der Waals surface area contributed by atoms with Gasteiger partial charge in [-0.25, -0.2) is 4.39 Å². The third kappa shape index (κ3) is 4.00. The molecule has 2 aromatic rings. The molecule has 3 unspecified atom stereocenters. The fraction of sp³-hybridized carbons (Fsp3) is 0.516. The molecule has 2 saturated carbocycles. The molecule has 4 aliphatic rings. The van der Waals surface area contributed by atoms with Gasteiger partial charge in [0.15, 0.2) is 0 Å². The third-order valence-corrected chi connectivity index (χ3v) is 10.2. The number of nitrogens with zero attached hydrogens (tertiary/aromatic N) is 1. The molecule has 2 N–H and O–H groups in total. The molecular formula is C31H35FN2O3. The van der Waals surface area contributed by atoms with Crippen molar-refractivity contribution in [3.8, 4) is 0 Å². The topological polar surface area (TPSA) is 79.3 Å². The summed E-state index contributed by atoms with van der Waals surface area (Å²) in [7, 11) is 0. The van der Waals surface area contributed by atoms with E-state index in [2.05, 4.69) is 29.4 Å². The number of pyridine rings is 1.